The van der Waals surface area contributed by atoms with E-state index in [9.17, 15) is 13.0 Å². The Labute approximate surface area is 85.5 Å². The summed E-state index contributed by atoms with van der Waals surface area (Å²) < 4.78 is 30.8. The van der Waals surface area contributed by atoms with Gasteiger partial charge in [-0.1, -0.05) is 39.0 Å². The molecular weight excluding hydrogens is 200 g/mol. The molecule has 14 heavy (non-hydrogen) atoms. The summed E-state index contributed by atoms with van der Waals surface area (Å²) in [5.41, 5.74) is 0. The van der Waals surface area contributed by atoms with Crippen LogP contribution in [0.15, 0.2) is 35.2 Å². The molecular formula is C10H15O3S-. The second-order valence-corrected chi connectivity index (χ2v) is 4.88. The first-order chi connectivity index (χ1) is 6.34. The van der Waals surface area contributed by atoms with Crippen LogP contribution in [0.2, 0.25) is 0 Å². The van der Waals surface area contributed by atoms with Crippen LogP contribution in [0.4, 0.5) is 0 Å². The fourth-order valence-corrected chi connectivity index (χ4v) is 1.08. The molecule has 1 rings (SSSR count). The molecule has 3 nitrogen and oxygen atoms in total. The van der Waals surface area contributed by atoms with Gasteiger partial charge in [0.2, 0.25) is 0 Å². The Bertz CT molecular complexity index is 338. The molecule has 0 saturated carbocycles. The molecule has 1 aromatic carbocycles. The topological polar surface area (TPSA) is 57.2 Å². The van der Waals surface area contributed by atoms with Crippen LogP contribution < -0.4 is 0 Å². The summed E-state index contributed by atoms with van der Waals surface area (Å²) in [6, 6.07) is 7.19. The Kier molecular flexibility index (Phi) is 5.42. The zero-order valence-corrected chi connectivity index (χ0v) is 9.41. The van der Waals surface area contributed by atoms with Crippen molar-refractivity contribution in [2.75, 3.05) is 0 Å². The third kappa shape index (κ3) is 6.62. The predicted molar refractivity (Wildman–Crippen MR) is 54.9 cm³/mol. The lowest BCUT2D eigenvalue weighted by atomic mass is 10.3. The van der Waals surface area contributed by atoms with Gasteiger partial charge in [0.05, 0.1) is 4.90 Å². The molecule has 0 saturated heterocycles. The lowest BCUT2D eigenvalue weighted by Gasteiger charge is -2.04. The van der Waals surface area contributed by atoms with E-state index in [0.717, 1.165) is 5.92 Å². The van der Waals surface area contributed by atoms with Crippen LogP contribution >= 0.6 is 0 Å². The molecule has 0 atom stereocenters. The van der Waals surface area contributed by atoms with Gasteiger partial charge in [-0.3, -0.25) is 0 Å². The molecule has 0 aliphatic carbocycles. The molecule has 0 unspecified atom stereocenters. The van der Waals surface area contributed by atoms with Crippen molar-refractivity contribution >= 4 is 10.1 Å². The first-order valence-corrected chi connectivity index (χ1v) is 5.76. The molecule has 0 radical (unpaired) electrons. The van der Waals surface area contributed by atoms with E-state index in [-0.39, 0.29) is 4.90 Å². The van der Waals surface area contributed by atoms with Crippen LogP contribution in [0, 0.1) is 5.92 Å². The number of hydrogen-bond acceptors (Lipinski definition) is 3. The van der Waals surface area contributed by atoms with E-state index in [2.05, 4.69) is 20.8 Å². The summed E-state index contributed by atoms with van der Waals surface area (Å²) in [4.78, 5) is -0.185. The van der Waals surface area contributed by atoms with Gasteiger partial charge in [-0.15, -0.1) is 0 Å². The summed E-state index contributed by atoms with van der Waals surface area (Å²) in [7, 11) is -4.25. The quantitative estimate of drug-likeness (QED) is 0.675. The van der Waals surface area contributed by atoms with Crippen molar-refractivity contribution in [3.8, 4) is 0 Å². The maximum absolute atomic E-state index is 10.3. The minimum Gasteiger partial charge on any atom is -0.744 e. The molecule has 4 heteroatoms. The summed E-state index contributed by atoms with van der Waals surface area (Å²) in [6.45, 7) is 6.50. The fraction of sp³-hybridized carbons (Fsp3) is 0.400. The Morgan fingerprint density at radius 3 is 1.64 bits per heavy atom. The molecule has 0 spiro atoms. The summed E-state index contributed by atoms with van der Waals surface area (Å²) in [6.07, 6.45) is 0. The van der Waals surface area contributed by atoms with Gasteiger partial charge in [-0.05, 0) is 18.1 Å². The van der Waals surface area contributed by atoms with Crippen molar-refractivity contribution in [1.29, 1.82) is 0 Å². The van der Waals surface area contributed by atoms with E-state index in [1.54, 1.807) is 6.07 Å². The lowest BCUT2D eigenvalue weighted by molar-refractivity contribution is 0.463. The van der Waals surface area contributed by atoms with Crippen molar-refractivity contribution in [2.45, 2.75) is 25.7 Å². The predicted octanol–water partition coefficient (Wildman–Crippen LogP) is 2.25. The summed E-state index contributed by atoms with van der Waals surface area (Å²) >= 11 is 0. The van der Waals surface area contributed by atoms with Crippen LogP contribution in [0.25, 0.3) is 0 Å². The van der Waals surface area contributed by atoms with Crippen molar-refractivity contribution in [1.82, 2.24) is 0 Å². The first kappa shape index (κ1) is 13.1. The molecule has 80 valence electrons. The monoisotopic (exact) mass is 215 g/mol. The summed E-state index contributed by atoms with van der Waals surface area (Å²) in [5.74, 6) is 0.833. The van der Waals surface area contributed by atoms with Crippen LogP contribution in [0.3, 0.4) is 0 Å². The standard InChI is InChI=1S/C6H6O3S.C4H10/c7-10(8,9)6-4-2-1-3-5-6;1-4(2)3/h1-5H,(H,7,8,9);4H,1-3H3/p-1. The summed E-state index contributed by atoms with van der Waals surface area (Å²) in [5, 5.41) is 0. The van der Waals surface area contributed by atoms with Gasteiger partial charge in [0.15, 0.2) is 0 Å². The van der Waals surface area contributed by atoms with Crippen LogP contribution in [-0.2, 0) is 10.1 Å². The van der Waals surface area contributed by atoms with Crippen LogP contribution in [-0.4, -0.2) is 13.0 Å². The van der Waals surface area contributed by atoms with E-state index < -0.39 is 10.1 Å². The highest BCUT2D eigenvalue weighted by molar-refractivity contribution is 7.85. The van der Waals surface area contributed by atoms with Gasteiger partial charge in [0, 0.05) is 0 Å². The van der Waals surface area contributed by atoms with E-state index >= 15 is 0 Å². The zero-order chi connectivity index (χ0) is 11.2. The number of hydrogen-bond donors (Lipinski definition) is 0. The highest BCUT2D eigenvalue weighted by Crippen LogP contribution is 2.04. The molecule has 1 aromatic rings. The van der Waals surface area contributed by atoms with E-state index in [4.69, 9.17) is 0 Å². The highest BCUT2D eigenvalue weighted by atomic mass is 32.2. The van der Waals surface area contributed by atoms with Crippen molar-refractivity contribution in [2.24, 2.45) is 5.92 Å². The number of rotatable bonds is 1. The molecule has 0 fully saturated rings. The average Bonchev–Trinajstić information content (AvgIpc) is 2.03. The minimum atomic E-state index is -4.25. The van der Waals surface area contributed by atoms with Crippen molar-refractivity contribution in [3.05, 3.63) is 30.3 Å². The Morgan fingerprint density at radius 2 is 1.43 bits per heavy atom. The highest BCUT2D eigenvalue weighted by Gasteiger charge is 1.95. The third-order valence-corrected chi connectivity index (χ3v) is 1.88. The van der Waals surface area contributed by atoms with Gasteiger partial charge in [0.1, 0.15) is 10.1 Å². The second-order valence-electron chi connectivity index (χ2n) is 3.50. The molecule has 0 heterocycles. The number of benzene rings is 1. The zero-order valence-electron chi connectivity index (χ0n) is 8.60. The Hall–Kier alpha value is -0.870. The molecule has 0 aliphatic heterocycles. The first-order valence-electron chi connectivity index (χ1n) is 4.35. The largest absolute Gasteiger partial charge is 0.744 e. The van der Waals surface area contributed by atoms with Crippen molar-refractivity contribution in [3.63, 3.8) is 0 Å². The second kappa shape index (κ2) is 5.78. The maximum Gasteiger partial charge on any atom is 0.124 e. The van der Waals surface area contributed by atoms with Gasteiger partial charge in [0.25, 0.3) is 0 Å². The van der Waals surface area contributed by atoms with E-state index in [1.165, 1.54) is 24.3 Å². The van der Waals surface area contributed by atoms with Crippen molar-refractivity contribution < 1.29 is 13.0 Å². The molecule has 0 amide bonds. The normalized spacial score (nSPS) is 10.6. The Balaban J connectivity index is 0.000000364. The van der Waals surface area contributed by atoms with Crippen LogP contribution in [0.1, 0.15) is 20.8 Å². The third-order valence-electron chi connectivity index (χ3n) is 1.03. The van der Waals surface area contributed by atoms with Gasteiger partial charge in [-0.2, -0.15) is 0 Å². The van der Waals surface area contributed by atoms with E-state index in [0.29, 0.717) is 0 Å². The fourth-order valence-electron chi connectivity index (χ4n) is 0.587. The molecule has 0 bridgehead atoms. The SMILES string of the molecule is CC(C)C.O=S(=O)([O-])c1ccccc1. The van der Waals surface area contributed by atoms with E-state index in [1.807, 2.05) is 0 Å². The molecule has 0 aliphatic rings. The smallest absolute Gasteiger partial charge is 0.124 e. The minimum absolute atomic E-state index is 0.185. The van der Waals surface area contributed by atoms with Crippen LogP contribution in [0.5, 0.6) is 0 Å². The van der Waals surface area contributed by atoms with Gasteiger partial charge >= 0.3 is 0 Å². The Morgan fingerprint density at radius 1 is 1.07 bits per heavy atom. The maximum atomic E-state index is 10.3. The lowest BCUT2D eigenvalue weighted by Crippen LogP contribution is -1.96. The van der Waals surface area contributed by atoms with Gasteiger partial charge in [-0.25, -0.2) is 8.42 Å². The van der Waals surface area contributed by atoms with Gasteiger partial charge < -0.3 is 4.55 Å². The molecule has 0 aromatic heterocycles. The molecule has 0 N–H and O–H groups in total. The average molecular weight is 215 g/mol.